The van der Waals surface area contributed by atoms with E-state index in [1.54, 1.807) is 0 Å². The zero-order chi connectivity index (χ0) is 17.5. The molecule has 24 heavy (non-hydrogen) atoms. The second kappa shape index (κ2) is 5.94. The number of benzene rings is 2. The van der Waals surface area contributed by atoms with Gasteiger partial charge in [0.15, 0.2) is 23.2 Å². The highest BCUT2D eigenvalue weighted by Gasteiger charge is 2.30. The Kier molecular flexibility index (Phi) is 4.08. The van der Waals surface area contributed by atoms with Crippen molar-refractivity contribution in [3.8, 4) is 0 Å². The van der Waals surface area contributed by atoms with Gasteiger partial charge in [0.05, 0.1) is 10.6 Å². The number of carbonyl (C=O) groups excluding carboxylic acids is 1. The van der Waals surface area contributed by atoms with Gasteiger partial charge in [-0.25, -0.2) is 21.6 Å². The van der Waals surface area contributed by atoms with Crippen molar-refractivity contribution in [1.82, 2.24) is 0 Å². The SMILES string of the molecule is O=C(c1ccc(S(=O)(=O)Nc2ccc(F)c(F)c2F)cc1)C1CC1. The minimum Gasteiger partial charge on any atom is -0.294 e. The summed E-state index contributed by atoms with van der Waals surface area (Å²) in [6.45, 7) is 0. The highest BCUT2D eigenvalue weighted by molar-refractivity contribution is 7.92. The molecule has 8 heteroatoms. The lowest BCUT2D eigenvalue weighted by Gasteiger charge is -2.10. The van der Waals surface area contributed by atoms with Crippen LogP contribution in [0.5, 0.6) is 0 Å². The fourth-order valence-electron chi connectivity index (χ4n) is 2.19. The molecule has 0 spiro atoms. The molecule has 0 saturated heterocycles. The molecule has 3 rings (SSSR count). The summed E-state index contributed by atoms with van der Waals surface area (Å²) in [6, 6.07) is 6.56. The molecule has 0 unspecified atom stereocenters. The summed E-state index contributed by atoms with van der Waals surface area (Å²) in [5, 5.41) is 0. The number of Topliss-reactive ketones (excluding diaryl/α,β-unsaturated/α-hetero) is 1. The first kappa shape index (κ1) is 16.5. The van der Waals surface area contributed by atoms with E-state index in [2.05, 4.69) is 0 Å². The molecular formula is C16H12F3NO3S. The van der Waals surface area contributed by atoms with Crippen molar-refractivity contribution in [3.05, 3.63) is 59.4 Å². The quantitative estimate of drug-likeness (QED) is 0.660. The zero-order valence-corrected chi connectivity index (χ0v) is 13.0. The van der Waals surface area contributed by atoms with Crippen LogP contribution in [-0.2, 0) is 10.0 Å². The number of ketones is 1. The van der Waals surface area contributed by atoms with E-state index in [0.717, 1.165) is 18.9 Å². The van der Waals surface area contributed by atoms with Gasteiger partial charge in [-0.2, -0.15) is 0 Å². The third-order valence-electron chi connectivity index (χ3n) is 3.68. The Morgan fingerprint density at radius 1 is 0.958 bits per heavy atom. The third-order valence-corrected chi connectivity index (χ3v) is 5.06. The normalized spacial score (nSPS) is 14.5. The van der Waals surface area contributed by atoms with Crippen LogP contribution in [0, 0.1) is 23.4 Å². The maximum Gasteiger partial charge on any atom is 0.261 e. The van der Waals surface area contributed by atoms with Crippen LogP contribution >= 0.6 is 0 Å². The largest absolute Gasteiger partial charge is 0.294 e. The number of halogens is 3. The lowest BCUT2D eigenvalue weighted by molar-refractivity contribution is 0.0967. The van der Waals surface area contributed by atoms with E-state index in [-0.39, 0.29) is 16.6 Å². The summed E-state index contributed by atoms with van der Waals surface area (Å²) < 4.78 is 65.9. The Balaban J connectivity index is 1.85. The topological polar surface area (TPSA) is 63.2 Å². The van der Waals surface area contributed by atoms with Crippen LogP contribution in [0.4, 0.5) is 18.9 Å². The Morgan fingerprint density at radius 2 is 1.58 bits per heavy atom. The standard InChI is InChI=1S/C16H12F3NO3S/c17-12-7-8-13(15(19)14(12)18)20-24(22,23)11-5-3-10(4-6-11)16(21)9-1-2-9/h3-9,20H,1-2H2. The van der Waals surface area contributed by atoms with Gasteiger partial charge < -0.3 is 0 Å². The summed E-state index contributed by atoms with van der Waals surface area (Å²) in [7, 11) is -4.20. The summed E-state index contributed by atoms with van der Waals surface area (Å²) >= 11 is 0. The van der Waals surface area contributed by atoms with E-state index < -0.39 is 33.2 Å². The Labute approximate surface area is 136 Å². The predicted octanol–water partition coefficient (Wildman–Crippen LogP) is 3.50. The van der Waals surface area contributed by atoms with Gasteiger partial charge >= 0.3 is 0 Å². The van der Waals surface area contributed by atoms with Crippen molar-refractivity contribution in [3.63, 3.8) is 0 Å². The van der Waals surface area contributed by atoms with Gasteiger partial charge in [0.1, 0.15) is 0 Å². The average Bonchev–Trinajstić information content (AvgIpc) is 3.40. The molecule has 0 atom stereocenters. The zero-order valence-electron chi connectivity index (χ0n) is 12.2. The summed E-state index contributed by atoms with van der Waals surface area (Å²) in [6.07, 6.45) is 1.66. The summed E-state index contributed by atoms with van der Waals surface area (Å²) in [5.74, 6) is -4.85. The molecule has 0 aliphatic heterocycles. The van der Waals surface area contributed by atoms with E-state index in [4.69, 9.17) is 0 Å². The lowest BCUT2D eigenvalue weighted by Crippen LogP contribution is -2.15. The van der Waals surface area contributed by atoms with Crippen molar-refractivity contribution >= 4 is 21.5 Å². The van der Waals surface area contributed by atoms with Gasteiger partial charge in [0, 0.05) is 11.5 Å². The van der Waals surface area contributed by atoms with Crippen LogP contribution in [0.15, 0.2) is 41.3 Å². The first-order chi connectivity index (χ1) is 11.3. The Hall–Kier alpha value is -2.35. The number of hydrogen-bond acceptors (Lipinski definition) is 3. The molecule has 1 saturated carbocycles. The van der Waals surface area contributed by atoms with Crippen LogP contribution in [0.3, 0.4) is 0 Å². The van der Waals surface area contributed by atoms with Crippen molar-refractivity contribution in [2.24, 2.45) is 5.92 Å². The number of nitrogens with one attached hydrogen (secondary N) is 1. The maximum absolute atomic E-state index is 13.6. The van der Waals surface area contributed by atoms with Gasteiger partial charge in [0.25, 0.3) is 10.0 Å². The van der Waals surface area contributed by atoms with E-state index in [1.165, 1.54) is 24.3 Å². The van der Waals surface area contributed by atoms with E-state index in [0.29, 0.717) is 11.6 Å². The highest BCUT2D eigenvalue weighted by Crippen LogP contribution is 2.32. The van der Waals surface area contributed by atoms with Crippen molar-refractivity contribution in [2.75, 3.05) is 4.72 Å². The van der Waals surface area contributed by atoms with E-state index in [9.17, 15) is 26.4 Å². The molecule has 2 aromatic rings. The highest BCUT2D eigenvalue weighted by atomic mass is 32.2. The minimum atomic E-state index is -4.20. The molecule has 0 amide bonds. The van der Waals surface area contributed by atoms with Gasteiger partial charge in [-0.1, -0.05) is 12.1 Å². The Bertz CT molecular complexity index is 907. The lowest BCUT2D eigenvalue weighted by atomic mass is 10.1. The van der Waals surface area contributed by atoms with Gasteiger partial charge in [0.2, 0.25) is 0 Å². The molecular weight excluding hydrogens is 343 g/mol. The fourth-order valence-corrected chi connectivity index (χ4v) is 3.25. The fraction of sp³-hybridized carbons (Fsp3) is 0.188. The monoisotopic (exact) mass is 355 g/mol. The van der Waals surface area contributed by atoms with Crippen LogP contribution in [0.25, 0.3) is 0 Å². The van der Waals surface area contributed by atoms with Gasteiger partial charge in [-0.3, -0.25) is 9.52 Å². The first-order valence-electron chi connectivity index (χ1n) is 7.10. The van der Waals surface area contributed by atoms with E-state index >= 15 is 0 Å². The molecule has 1 N–H and O–H groups in total. The van der Waals surface area contributed by atoms with Crippen LogP contribution in [0.1, 0.15) is 23.2 Å². The minimum absolute atomic E-state index is 0.00173. The van der Waals surface area contributed by atoms with Crippen LogP contribution in [-0.4, -0.2) is 14.2 Å². The molecule has 1 aliphatic rings. The van der Waals surface area contributed by atoms with Crippen molar-refractivity contribution in [1.29, 1.82) is 0 Å². The molecule has 1 fully saturated rings. The molecule has 0 radical (unpaired) electrons. The average molecular weight is 355 g/mol. The van der Waals surface area contributed by atoms with Crippen molar-refractivity contribution < 1.29 is 26.4 Å². The number of carbonyl (C=O) groups is 1. The molecule has 0 aromatic heterocycles. The maximum atomic E-state index is 13.6. The Morgan fingerprint density at radius 3 is 2.17 bits per heavy atom. The predicted molar refractivity (Wildman–Crippen MR) is 80.6 cm³/mol. The molecule has 0 bridgehead atoms. The van der Waals surface area contributed by atoms with Crippen LogP contribution in [0.2, 0.25) is 0 Å². The second-order valence-electron chi connectivity index (χ2n) is 5.49. The smallest absolute Gasteiger partial charge is 0.261 e. The number of hydrogen-bond donors (Lipinski definition) is 1. The number of sulfonamides is 1. The van der Waals surface area contributed by atoms with Crippen LogP contribution < -0.4 is 4.72 Å². The molecule has 4 nitrogen and oxygen atoms in total. The van der Waals surface area contributed by atoms with Crippen molar-refractivity contribution in [2.45, 2.75) is 17.7 Å². The first-order valence-corrected chi connectivity index (χ1v) is 8.58. The summed E-state index contributed by atoms with van der Waals surface area (Å²) in [4.78, 5) is 11.7. The van der Waals surface area contributed by atoms with Gasteiger partial charge in [-0.15, -0.1) is 0 Å². The summed E-state index contributed by atoms with van der Waals surface area (Å²) in [5.41, 5.74) is -0.303. The second-order valence-corrected chi connectivity index (χ2v) is 7.17. The third kappa shape index (κ3) is 3.14. The number of rotatable bonds is 5. The van der Waals surface area contributed by atoms with E-state index in [1.807, 2.05) is 4.72 Å². The van der Waals surface area contributed by atoms with Gasteiger partial charge in [-0.05, 0) is 37.1 Å². The molecule has 126 valence electrons. The molecule has 1 aliphatic carbocycles. The molecule has 0 heterocycles. The number of anilines is 1. The molecule has 2 aromatic carbocycles.